The molecule has 0 aromatic carbocycles. The Morgan fingerprint density at radius 1 is 1.58 bits per heavy atom. The van der Waals surface area contributed by atoms with Gasteiger partial charge in [0, 0.05) is 6.21 Å². The van der Waals surface area contributed by atoms with Gasteiger partial charge < -0.3 is 14.8 Å². The summed E-state index contributed by atoms with van der Waals surface area (Å²) in [4.78, 5) is 22.2. The number of H-pyrrole nitrogens is 1. The second-order valence-corrected chi connectivity index (χ2v) is 3.92. The minimum atomic E-state index is -0.288. The van der Waals surface area contributed by atoms with Gasteiger partial charge in [0.25, 0.3) is 5.56 Å². The average molecular weight is 261 g/mol. The van der Waals surface area contributed by atoms with Gasteiger partial charge in [0.05, 0.1) is 30.8 Å². The highest BCUT2D eigenvalue weighted by Gasteiger charge is 2.15. The van der Waals surface area contributed by atoms with Crippen molar-refractivity contribution in [1.82, 2.24) is 9.97 Å². The van der Waals surface area contributed by atoms with Crippen LogP contribution < -0.4 is 5.56 Å². The summed E-state index contributed by atoms with van der Waals surface area (Å²) in [6.07, 6.45) is 9.47. The quantitative estimate of drug-likeness (QED) is 0.620. The van der Waals surface area contributed by atoms with Gasteiger partial charge in [0.1, 0.15) is 0 Å². The van der Waals surface area contributed by atoms with E-state index in [1.807, 2.05) is 6.08 Å². The van der Waals surface area contributed by atoms with Crippen molar-refractivity contribution in [3.63, 3.8) is 0 Å². The van der Waals surface area contributed by atoms with Crippen molar-refractivity contribution < 1.29 is 9.84 Å². The lowest BCUT2D eigenvalue weighted by molar-refractivity contribution is 0.0458. The molecule has 0 saturated heterocycles. The zero-order valence-corrected chi connectivity index (χ0v) is 10.5. The van der Waals surface area contributed by atoms with Crippen molar-refractivity contribution in [2.24, 2.45) is 4.99 Å². The van der Waals surface area contributed by atoms with Crippen LogP contribution in [0.1, 0.15) is 12.6 Å². The molecule has 1 aromatic heterocycles. The summed E-state index contributed by atoms with van der Waals surface area (Å²) in [5.74, 6) is 0. The Morgan fingerprint density at radius 3 is 3.11 bits per heavy atom. The Kier molecular flexibility index (Phi) is 4.38. The summed E-state index contributed by atoms with van der Waals surface area (Å²) in [6.45, 7) is 1.68. The number of nitrogens with zero attached hydrogens (tertiary/aromatic N) is 2. The third-order valence-corrected chi connectivity index (χ3v) is 2.59. The maximum atomic E-state index is 11.6. The van der Waals surface area contributed by atoms with Crippen LogP contribution in [0.15, 0.2) is 34.3 Å². The Morgan fingerprint density at radius 2 is 2.42 bits per heavy atom. The minimum Gasteiger partial charge on any atom is -0.393 e. The van der Waals surface area contributed by atoms with Crippen molar-refractivity contribution in [2.45, 2.75) is 19.1 Å². The van der Waals surface area contributed by atoms with E-state index in [-0.39, 0.29) is 30.1 Å². The van der Waals surface area contributed by atoms with E-state index < -0.39 is 0 Å². The zero-order valence-electron chi connectivity index (χ0n) is 10.5. The Labute approximate surface area is 110 Å². The van der Waals surface area contributed by atoms with E-state index in [0.717, 1.165) is 0 Å². The molecular weight excluding hydrogens is 246 g/mol. The van der Waals surface area contributed by atoms with Crippen molar-refractivity contribution in [2.75, 3.05) is 6.61 Å². The normalized spacial score (nSPS) is 22.8. The summed E-state index contributed by atoms with van der Waals surface area (Å²) in [6, 6.07) is 0. The van der Waals surface area contributed by atoms with Crippen molar-refractivity contribution >= 4 is 18.0 Å². The van der Waals surface area contributed by atoms with Gasteiger partial charge in [-0.25, -0.2) is 4.98 Å². The van der Waals surface area contributed by atoms with Crippen molar-refractivity contribution in [1.29, 1.82) is 0 Å². The molecule has 1 aliphatic heterocycles. The summed E-state index contributed by atoms with van der Waals surface area (Å²) in [5.41, 5.74) is 0.456. The Bertz CT molecular complexity index is 575. The molecule has 1 aromatic rings. The van der Waals surface area contributed by atoms with Crippen molar-refractivity contribution in [3.8, 4) is 0 Å². The molecule has 100 valence electrons. The van der Waals surface area contributed by atoms with E-state index in [4.69, 9.17) is 9.84 Å². The summed E-state index contributed by atoms with van der Waals surface area (Å²) in [5, 5.41) is 8.94. The molecule has 1 unspecified atom stereocenters. The molecule has 2 N–H and O–H groups in total. The number of aromatic nitrogens is 2. The molecular formula is C13H15N3O3. The Balaban J connectivity index is 2.18. The molecule has 0 aliphatic carbocycles. The first kappa shape index (κ1) is 13.4. The van der Waals surface area contributed by atoms with Gasteiger partial charge in [-0.15, -0.1) is 0 Å². The van der Waals surface area contributed by atoms with Gasteiger partial charge in [0.2, 0.25) is 0 Å². The van der Waals surface area contributed by atoms with Crippen LogP contribution in [0, 0.1) is 0 Å². The van der Waals surface area contributed by atoms with Gasteiger partial charge in [0.15, 0.2) is 5.69 Å². The standard InChI is InChI=1S/C13H15N3O3/c1-2-14-12-11(15-8-16-13(12)18)6-5-9-3-4-10(7-17)19-9/h2-6,8-10,17H,7H2,1H3,(H,15,16,18)/b6-5-,14-2?/t9?,10-/m0/s1. The van der Waals surface area contributed by atoms with Crippen LogP contribution in [0.5, 0.6) is 0 Å². The number of aliphatic hydroxyl groups is 1. The van der Waals surface area contributed by atoms with Crippen LogP contribution >= 0.6 is 0 Å². The fraction of sp³-hybridized carbons (Fsp3) is 0.308. The number of hydrogen-bond donors (Lipinski definition) is 2. The minimum absolute atomic E-state index is 0.0462. The van der Waals surface area contributed by atoms with Crippen LogP contribution in [0.25, 0.3) is 6.08 Å². The SMILES string of the molecule is CC=Nc1c(/C=C\C2C=C[C@@H](CO)O2)nc[nH]c1=O. The van der Waals surface area contributed by atoms with Gasteiger partial charge in [-0.05, 0) is 19.1 Å². The lowest BCUT2D eigenvalue weighted by atomic mass is 10.2. The highest BCUT2D eigenvalue weighted by atomic mass is 16.5. The topological polar surface area (TPSA) is 87.6 Å². The molecule has 0 radical (unpaired) electrons. The number of ether oxygens (including phenoxy) is 1. The van der Waals surface area contributed by atoms with Gasteiger partial charge in [-0.2, -0.15) is 0 Å². The third kappa shape index (κ3) is 3.24. The lowest BCUT2D eigenvalue weighted by Gasteiger charge is -2.07. The van der Waals surface area contributed by atoms with E-state index in [9.17, 15) is 4.79 Å². The van der Waals surface area contributed by atoms with Crippen LogP contribution in [0.2, 0.25) is 0 Å². The molecule has 1 aliphatic rings. The fourth-order valence-corrected chi connectivity index (χ4v) is 1.71. The third-order valence-electron chi connectivity index (χ3n) is 2.59. The first-order chi connectivity index (χ1) is 9.24. The smallest absolute Gasteiger partial charge is 0.277 e. The van der Waals surface area contributed by atoms with Crippen LogP contribution in [0.3, 0.4) is 0 Å². The van der Waals surface area contributed by atoms with Crippen LogP contribution in [-0.4, -0.2) is 40.1 Å². The van der Waals surface area contributed by atoms with Crippen LogP contribution in [-0.2, 0) is 4.74 Å². The monoisotopic (exact) mass is 261 g/mol. The second kappa shape index (κ2) is 6.21. The number of aliphatic imine (C=N–C) groups is 1. The zero-order chi connectivity index (χ0) is 13.7. The molecule has 19 heavy (non-hydrogen) atoms. The molecule has 0 bridgehead atoms. The second-order valence-electron chi connectivity index (χ2n) is 3.92. The van der Waals surface area contributed by atoms with Gasteiger partial charge in [-0.3, -0.25) is 9.79 Å². The highest BCUT2D eigenvalue weighted by Crippen LogP contribution is 2.16. The molecule has 2 rings (SSSR count). The molecule has 0 spiro atoms. The van der Waals surface area contributed by atoms with Gasteiger partial charge >= 0.3 is 0 Å². The lowest BCUT2D eigenvalue weighted by Crippen LogP contribution is -2.14. The molecule has 2 atom stereocenters. The van der Waals surface area contributed by atoms with E-state index >= 15 is 0 Å². The molecule has 6 heteroatoms. The number of rotatable bonds is 4. The molecule has 2 heterocycles. The number of hydrogen-bond acceptors (Lipinski definition) is 5. The Hall–Kier alpha value is -2.05. The van der Waals surface area contributed by atoms with E-state index in [1.54, 1.807) is 25.2 Å². The maximum absolute atomic E-state index is 11.6. The number of aromatic amines is 1. The predicted molar refractivity (Wildman–Crippen MR) is 72.6 cm³/mol. The van der Waals surface area contributed by atoms with E-state index in [2.05, 4.69) is 15.0 Å². The fourth-order valence-electron chi connectivity index (χ4n) is 1.71. The first-order valence-corrected chi connectivity index (χ1v) is 5.93. The first-order valence-electron chi connectivity index (χ1n) is 5.93. The molecule has 0 amide bonds. The summed E-state index contributed by atoms with van der Waals surface area (Å²) >= 11 is 0. The van der Waals surface area contributed by atoms with E-state index in [1.165, 1.54) is 12.5 Å². The average Bonchev–Trinajstić information content (AvgIpc) is 2.87. The molecule has 6 nitrogen and oxygen atoms in total. The predicted octanol–water partition coefficient (Wildman–Crippen LogP) is 0.821. The molecule has 0 fully saturated rings. The number of nitrogens with one attached hydrogen (secondary N) is 1. The van der Waals surface area contributed by atoms with Crippen molar-refractivity contribution in [3.05, 3.63) is 40.6 Å². The molecule has 0 saturated carbocycles. The highest BCUT2D eigenvalue weighted by molar-refractivity contribution is 5.66. The van der Waals surface area contributed by atoms with E-state index in [0.29, 0.717) is 5.69 Å². The maximum Gasteiger partial charge on any atom is 0.277 e. The van der Waals surface area contributed by atoms with Crippen LogP contribution in [0.4, 0.5) is 5.69 Å². The summed E-state index contributed by atoms with van der Waals surface area (Å²) in [7, 11) is 0. The summed E-state index contributed by atoms with van der Waals surface area (Å²) < 4.78 is 5.46. The number of aliphatic hydroxyl groups excluding tert-OH is 1. The van der Waals surface area contributed by atoms with Gasteiger partial charge in [-0.1, -0.05) is 12.2 Å². The largest absolute Gasteiger partial charge is 0.393 e.